The smallest absolute Gasteiger partial charge is 0.338 e. The van der Waals surface area contributed by atoms with Crippen molar-refractivity contribution >= 4 is 17.8 Å². The van der Waals surface area contributed by atoms with Gasteiger partial charge in [-0.25, -0.2) is 4.79 Å². The van der Waals surface area contributed by atoms with Crippen molar-refractivity contribution in [1.82, 2.24) is 5.16 Å². The van der Waals surface area contributed by atoms with Crippen molar-refractivity contribution in [2.45, 2.75) is 6.92 Å². The van der Waals surface area contributed by atoms with Gasteiger partial charge < -0.3 is 14.0 Å². The Labute approximate surface area is 155 Å². The fourth-order valence-electron chi connectivity index (χ4n) is 2.33. The largest absolute Gasteiger partial charge is 0.497 e. The number of carbonyl (C=O) groups is 2. The van der Waals surface area contributed by atoms with E-state index in [1.807, 2.05) is 31.2 Å². The zero-order chi connectivity index (χ0) is 19.2. The second-order valence-corrected chi connectivity index (χ2v) is 5.80. The van der Waals surface area contributed by atoms with Gasteiger partial charge in [0.1, 0.15) is 11.4 Å². The molecule has 0 radical (unpaired) electrons. The number of hydrogen-bond acceptors (Lipinski definition) is 6. The van der Waals surface area contributed by atoms with Crippen LogP contribution in [0.25, 0.3) is 11.3 Å². The molecule has 2 aromatic carbocycles. The maximum Gasteiger partial charge on any atom is 0.338 e. The van der Waals surface area contributed by atoms with Crippen LogP contribution in [0.3, 0.4) is 0 Å². The summed E-state index contributed by atoms with van der Waals surface area (Å²) in [5.74, 6) is -0.452. The van der Waals surface area contributed by atoms with E-state index in [9.17, 15) is 9.59 Å². The third-order valence-corrected chi connectivity index (χ3v) is 3.76. The monoisotopic (exact) mass is 366 g/mol. The van der Waals surface area contributed by atoms with Crippen LogP contribution in [0.5, 0.6) is 5.75 Å². The average molecular weight is 366 g/mol. The van der Waals surface area contributed by atoms with Gasteiger partial charge in [0.25, 0.3) is 5.91 Å². The number of carbonyl (C=O) groups excluding carboxylic acids is 2. The predicted octanol–water partition coefficient (Wildman–Crippen LogP) is 3.45. The Morgan fingerprint density at radius 2 is 1.89 bits per heavy atom. The minimum atomic E-state index is -0.623. The van der Waals surface area contributed by atoms with Crippen LogP contribution in [0.15, 0.2) is 59.1 Å². The van der Waals surface area contributed by atoms with E-state index in [1.165, 1.54) is 13.2 Å². The molecule has 0 saturated heterocycles. The Morgan fingerprint density at radius 1 is 1.11 bits per heavy atom. The van der Waals surface area contributed by atoms with Crippen LogP contribution in [-0.2, 0) is 9.53 Å². The van der Waals surface area contributed by atoms with Gasteiger partial charge in [-0.15, -0.1) is 0 Å². The van der Waals surface area contributed by atoms with Gasteiger partial charge in [-0.3, -0.25) is 10.1 Å². The van der Waals surface area contributed by atoms with E-state index in [2.05, 4.69) is 10.5 Å². The second-order valence-electron chi connectivity index (χ2n) is 5.80. The Kier molecular flexibility index (Phi) is 5.51. The Hall–Kier alpha value is -3.61. The molecule has 27 heavy (non-hydrogen) atoms. The summed E-state index contributed by atoms with van der Waals surface area (Å²) in [6, 6.07) is 15.8. The molecule has 0 aliphatic heterocycles. The third kappa shape index (κ3) is 4.72. The fourth-order valence-corrected chi connectivity index (χ4v) is 2.33. The molecule has 1 aromatic heterocycles. The molecule has 138 valence electrons. The molecule has 0 bridgehead atoms. The van der Waals surface area contributed by atoms with Crippen LogP contribution in [0.2, 0.25) is 0 Å². The highest BCUT2D eigenvalue weighted by molar-refractivity contribution is 5.95. The lowest BCUT2D eigenvalue weighted by atomic mass is 10.1. The molecule has 1 heterocycles. The summed E-state index contributed by atoms with van der Waals surface area (Å²) < 4.78 is 15.1. The minimum Gasteiger partial charge on any atom is -0.497 e. The number of hydrogen-bond donors (Lipinski definition) is 1. The van der Waals surface area contributed by atoms with Crippen LogP contribution in [0, 0.1) is 6.92 Å². The highest BCUT2D eigenvalue weighted by Gasteiger charge is 2.13. The maximum atomic E-state index is 12.0. The number of esters is 1. The van der Waals surface area contributed by atoms with Gasteiger partial charge in [0.15, 0.2) is 6.61 Å². The summed E-state index contributed by atoms with van der Waals surface area (Å²) in [5, 5.41) is 6.42. The third-order valence-electron chi connectivity index (χ3n) is 3.76. The summed E-state index contributed by atoms with van der Waals surface area (Å²) in [4.78, 5) is 24.0. The first-order chi connectivity index (χ1) is 13.0. The van der Waals surface area contributed by atoms with Crippen LogP contribution in [0.4, 0.5) is 5.88 Å². The molecule has 3 rings (SSSR count). The summed E-state index contributed by atoms with van der Waals surface area (Å²) in [6.07, 6.45) is 0. The lowest BCUT2D eigenvalue weighted by Gasteiger charge is -2.05. The normalized spacial score (nSPS) is 10.3. The molecule has 0 saturated carbocycles. The fraction of sp³-hybridized carbons (Fsp3) is 0.150. The summed E-state index contributed by atoms with van der Waals surface area (Å²) in [5.41, 5.74) is 2.89. The van der Waals surface area contributed by atoms with Gasteiger partial charge in [0, 0.05) is 11.6 Å². The number of aryl methyl sites for hydroxylation is 1. The standard InChI is InChI=1S/C20H18N2O5/c1-13-6-8-14(9-7-13)17-11-19(27-22-17)21-18(23)12-26-20(24)15-4-3-5-16(10-15)25-2/h3-11H,12H2,1-2H3,(H,21,23). The van der Waals surface area contributed by atoms with E-state index in [0.29, 0.717) is 17.0 Å². The predicted molar refractivity (Wildman–Crippen MR) is 98.6 cm³/mol. The van der Waals surface area contributed by atoms with Gasteiger partial charge in [-0.1, -0.05) is 41.1 Å². The van der Waals surface area contributed by atoms with E-state index in [0.717, 1.165) is 11.1 Å². The molecule has 0 spiro atoms. The number of anilines is 1. The van der Waals surface area contributed by atoms with Crippen LogP contribution in [0.1, 0.15) is 15.9 Å². The number of nitrogens with zero attached hydrogens (tertiary/aromatic N) is 1. The topological polar surface area (TPSA) is 90.7 Å². The van der Waals surface area contributed by atoms with Crippen molar-refractivity contribution in [1.29, 1.82) is 0 Å². The Bertz CT molecular complexity index is 947. The molecule has 3 aromatic rings. The first-order valence-corrected chi connectivity index (χ1v) is 8.20. The van der Waals surface area contributed by atoms with Crippen molar-refractivity contribution < 1.29 is 23.6 Å². The van der Waals surface area contributed by atoms with Crippen molar-refractivity contribution in [3.8, 4) is 17.0 Å². The lowest BCUT2D eigenvalue weighted by molar-refractivity contribution is -0.119. The molecular weight excluding hydrogens is 348 g/mol. The van der Waals surface area contributed by atoms with Crippen molar-refractivity contribution in [2.75, 3.05) is 19.0 Å². The van der Waals surface area contributed by atoms with Gasteiger partial charge in [0.05, 0.1) is 12.7 Å². The number of aromatic nitrogens is 1. The lowest BCUT2D eigenvalue weighted by Crippen LogP contribution is -2.20. The second kappa shape index (κ2) is 8.18. The van der Waals surface area contributed by atoms with Gasteiger partial charge in [-0.05, 0) is 25.1 Å². The van der Waals surface area contributed by atoms with E-state index in [1.54, 1.807) is 24.3 Å². The van der Waals surface area contributed by atoms with E-state index >= 15 is 0 Å². The molecule has 7 nitrogen and oxygen atoms in total. The molecule has 0 atom stereocenters. The van der Waals surface area contributed by atoms with Crippen LogP contribution < -0.4 is 10.1 Å². The molecule has 0 aliphatic rings. The van der Waals surface area contributed by atoms with Gasteiger partial charge in [0.2, 0.25) is 5.88 Å². The number of nitrogens with one attached hydrogen (secondary N) is 1. The highest BCUT2D eigenvalue weighted by Crippen LogP contribution is 2.22. The molecule has 0 aliphatic carbocycles. The van der Waals surface area contributed by atoms with Gasteiger partial charge in [-0.2, -0.15) is 0 Å². The number of methoxy groups -OCH3 is 1. The Morgan fingerprint density at radius 3 is 2.63 bits per heavy atom. The van der Waals surface area contributed by atoms with Gasteiger partial charge >= 0.3 is 5.97 Å². The first kappa shape index (κ1) is 18.2. The van der Waals surface area contributed by atoms with E-state index in [4.69, 9.17) is 14.0 Å². The number of rotatable bonds is 6. The zero-order valence-electron chi connectivity index (χ0n) is 14.9. The summed E-state index contributed by atoms with van der Waals surface area (Å²) >= 11 is 0. The number of ether oxygens (including phenoxy) is 2. The number of benzene rings is 2. The van der Waals surface area contributed by atoms with Crippen LogP contribution in [-0.4, -0.2) is 30.7 Å². The molecule has 7 heteroatoms. The summed E-state index contributed by atoms with van der Waals surface area (Å²) in [6.45, 7) is 1.54. The van der Waals surface area contributed by atoms with E-state index in [-0.39, 0.29) is 5.88 Å². The summed E-state index contributed by atoms with van der Waals surface area (Å²) in [7, 11) is 1.50. The molecule has 0 unspecified atom stereocenters. The Balaban J connectivity index is 1.55. The van der Waals surface area contributed by atoms with E-state index < -0.39 is 18.5 Å². The minimum absolute atomic E-state index is 0.174. The zero-order valence-corrected chi connectivity index (χ0v) is 14.9. The SMILES string of the molecule is COc1cccc(C(=O)OCC(=O)Nc2cc(-c3ccc(C)cc3)no2)c1. The van der Waals surface area contributed by atoms with Crippen molar-refractivity contribution in [3.63, 3.8) is 0 Å². The quantitative estimate of drug-likeness (QED) is 0.672. The van der Waals surface area contributed by atoms with Crippen molar-refractivity contribution in [2.24, 2.45) is 0 Å². The molecule has 0 fully saturated rings. The number of amides is 1. The average Bonchev–Trinajstić information content (AvgIpc) is 3.15. The first-order valence-electron chi connectivity index (χ1n) is 8.20. The van der Waals surface area contributed by atoms with Crippen molar-refractivity contribution in [3.05, 3.63) is 65.7 Å². The maximum absolute atomic E-state index is 12.0. The molecule has 1 N–H and O–H groups in total. The van der Waals surface area contributed by atoms with Crippen LogP contribution >= 0.6 is 0 Å². The molecular formula is C20H18N2O5. The molecule has 1 amide bonds. The highest BCUT2D eigenvalue weighted by atomic mass is 16.5.